The Kier molecular flexibility index (Phi) is 3.91. The maximum absolute atomic E-state index is 6.15. The van der Waals surface area contributed by atoms with Crippen molar-refractivity contribution in [2.75, 3.05) is 13.0 Å². The first-order valence-corrected chi connectivity index (χ1v) is 7.25. The summed E-state index contributed by atoms with van der Waals surface area (Å²) in [6, 6.07) is 6.57. The molecular weight excluding hydrogens is 244 g/mol. The summed E-state index contributed by atoms with van der Waals surface area (Å²) in [5.74, 6) is 3.01. The van der Waals surface area contributed by atoms with E-state index in [0.717, 1.165) is 17.5 Å². The first-order valence-electron chi connectivity index (χ1n) is 6.71. The third-order valence-corrected chi connectivity index (χ3v) is 4.15. The van der Waals surface area contributed by atoms with Gasteiger partial charge in [0.1, 0.15) is 5.75 Å². The molecule has 1 fully saturated rings. The maximum atomic E-state index is 6.15. The SMILES string of the molecule is COc1ccc(C(CCl)C2CC2)cc1C(C)(C)C. The molecule has 1 aliphatic carbocycles. The lowest BCUT2D eigenvalue weighted by molar-refractivity contribution is 0.397. The Hall–Kier alpha value is -0.690. The minimum Gasteiger partial charge on any atom is -0.496 e. The number of ether oxygens (including phenoxy) is 1. The number of halogens is 1. The molecule has 0 bridgehead atoms. The van der Waals surface area contributed by atoms with Crippen molar-refractivity contribution in [3.8, 4) is 5.75 Å². The largest absolute Gasteiger partial charge is 0.496 e. The summed E-state index contributed by atoms with van der Waals surface area (Å²) in [5, 5.41) is 0. The summed E-state index contributed by atoms with van der Waals surface area (Å²) in [6.07, 6.45) is 2.66. The second-order valence-corrected chi connectivity index (χ2v) is 6.62. The number of rotatable bonds is 4. The van der Waals surface area contributed by atoms with Gasteiger partial charge in [-0.3, -0.25) is 0 Å². The third-order valence-electron chi connectivity index (χ3n) is 3.82. The fourth-order valence-electron chi connectivity index (χ4n) is 2.53. The Bertz CT molecular complexity index is 416. The lowest BCUT2D eigenvalue weighted by Crippen LogP contribution is -2.14. The Labute approximate surface area is 115 Å². The predicted octanol–water partition coefficient (Wildman–Crippen LogP) is 4.73. The second-order valence-electron chi connectivity index (χ2n) is 6.31. The van der Waals surface area contributed by atoms with Crippen LogP contribution in [0.1, 0.15) is 50.7 Å². The first-order chi connectivity index (χ1) is 8.47. The van der Waals surface area contributed by atoms with E-state index in [-0.39, 0.29) is 5.41 Å². The van der Waals surface area contributed by atoms with Crippen molar-refractivity contribution in [3.63, 3.8) is 0 Å². The van der Waals surface area contributed by atoms with Crippen LogP contribution < -0.4 is 4.74 Å². The number of hydrogen-bond donors (Lipinski definition) is 0. The molecule has 1 nitrogen and oxygen atoms in total. The Balaban J connectivity index is 2.38. The van der Waals surface area contributed by atoms with Crippen LogP contribution in [-0.4, -0.2) is 13.0 Å². The van der Waals surface area contributed by atoms with Crippen LogP contribution in [0.5, 0.6) is 5.75 Å². The molecule has 0 radical (unpaired) electrons. The molecule has 0 amide bonds. The topological polar surface area (TPSA) is 9.23 Å². The molecule has 0 aromatic heterocycles. The highest BCUT2D eigenvalue weighted by Gasteiger charge is 2.32. The average Bonchev–Trinajstić information content (AvgIpc) is 3.13. The van der Waals surface area contributed by atoms with Crippen LogP contribution >= 0.6 is 11.6 Å². The van der Waals surface area contributed by atoms with Gasteiger partial charge in [0, 0.05) is 11.8 Å². The van der Waals surface area contributed by atoms with Gasteiger partial charge >= 0.3 is 0 Å². The molecule has 1 aromatic carbocycles. The van der Waals surface area contributed by atoms with Crippen LogP contribution in [0.3, 0.4) is 0 Å². The zero-order valence-corrected chi connectivity index (χ0v) is 12.6. The van der Waals surface area contributed by atoms with Gasteiger partial charge in [-0.2, -0.15) is 0 Å². The molecule has 1 aliphatic rings. The van der Waals surface area contributed by atoms with Crippen molar-refractivity contribution in [2.45, 2.75) is 44.9 Å². The fraction of sp³-hybridized carbons (Fsp3) is 0.625. The van der Waals surface area contributed by atoms with Gasteiger partial charge in [-0.25, -0.2) is 0 Å². The lowest BCUT2D eigenvalue weighted by atomic mass is 9.83. The minimum absolute atomic E-state index is 0.0990. The van der Waals surface area contributed by atoms with Crippen molar-refractivity contribution in [1.82, 2.24) is 0 Å². The van der Waals surface area contributed by atoms with E-state index in [2.05, 4.69) is 39.0 Å². The number of methoxy groups -OCH3 is 1. The Morgan fingerprint density at radius 1 is 1.33 bits per heavy atom. The standard InChI is InChI=1S/C16H23ClO/c1-16(2,3)14-9-12(7-8-15(14)18-4)13(10-17)11-5-6-11/h7-9,11,13H,5-6,10H2,1-4H3. The molecule has 1 saturated carbocycles. The smallest absolute Gasteiger partial charge is 0.122 e. The van der Waals surface area contributed by atoms with E-state index in [1.165, 1.54) is 24.0 Å². The third kappa shape index (κ3) is 2.83. The van der Waals surface area contributed by atoms with Crippen LogP contribution in [0.2, 0.25) is 0 Å². The van der Waals surface area contributed by atoms with E-state index < -0.39 is 0 Å². The van der Waals surface area contributed by atoms with Crippen molar-refractivity contribution in [3.05, 3.63) is 29.3 Å². The van der Waals surface area contributed by atoms with Gasteiger partial charge in [-0.1, -0.05) is 32.9 Å². The van der Waals surface area contributed by atoms with Crippen LogP contribution in [0.4, 0.5) is 0 Å². The van der Waals surface area contributed by atoms with E-state index in [0.29, 0.717) is 5.92 Å². The van der Waals surface area contributed by atoms with Crippen molar-refractivity contribution in [2.24, 2.45) is 5.92 Å². The molecule has 0 saturated heterocycles. The zero-order chi connectivity index (χ0) is 13.3. The summed E-state index contributed by atoms with van der Waals surface area (Å²) in [7, 11) is 1.74. The van der Waals surface area contributed by atoms with Crippen molar-refractivity contribution < 1.29 is 4.74 Å². The number of hydrogen-bond acceptors (Lipinski definition) is 1. The van der Waals surface area contributed by atoms with E-state index in [4.69, 9.17) is 16.3 Å². The Morgan fingerprint density at radius 3 is 2.44 bits per heavy atom. The number of benzene rings is 1. The molecule has 1 atom stereocenters. The monoisotopic (exact) mass is 266 g/mol. The molecule has 1 aromatic rings. The number of alkyl halides is 1. The lowest BCUT2D eigenvalue weighted by Gasteiger charge is -2.24. The summed E-state index contributed by atoms with van der Waals surface area (Å²) >= 11 is 6.15. The summed E-state index contributed by atoms with van der Waals surface area (Å²) in [6.45, 7) is 6.67. The van der Waals surface area contributed by atoms with E-state index in [1.54, 1.807) is 7.11 Å². The second kappa shape index (κ2) is 5.13. The molecule has 0 aliphatic heterocycles. The fourth-order valence-corrected chi connectivity index (χ4v) is 2.96. The first kappa shape index (κ1) is 13.7. The maximum Gasteiger partial charge on any atom is 0.122 e. The van der Waals surface area contributed by atoms with Crippen LogP contribution in [0.15, 0.2) is 18.2 Å². The van der Waals surface area contributed by atoms with Gasteiger partial charge in [-0.15, -0.1) is 11.6 Å². The van der Waals surface area contributed by atoms with Gasteiger partial charge in [0.25, 0.3) is 0 Å². The average molecular weight is 267 g/mol. The van der Waals surface area contributed by atoms with Gasteiger partial charge in [0.2, 0.25) is 0 Å². The molecule has 18 heavy (non-hydrogen) atoms. The molecule has 2 rings (SSSR count). The van der Waals surface area contributed by atoms with E-state index >= 15 is 0 Å². The van der Waals surface area contributed by atoms with Crippen LogP contribution in [-0.2, 0) is 5.41 Å². The molecule has 2 heteroatoms. The van der Waals surface area contributed by atoms with Crippen LogP contribution in [0, 0.1) is 5.92 Å². The van der Waals surface area contributed by atoms with Crippen molar-refractivity contribution in [1.29, 1.82) is 0 Å². The molecule has 0 spiro atoms. The molecule has 0 heterocycles. The van der Waals surface area contributed by atoms with Crippen LogP contribution in [0.25, 0.3) is 0 Å². The minimum atomic E-state index is 0.0990. The highest BCUT2D eigenvalue weighted by molar-refractivity contribution is 6.18. The zero-order valence-electron chi connectivity index (χ0n) is 11.8. The summed E-state index contributed by atoms with van der Waals surface area (Å²) in [5.41, 5.74) is 2.75. The molecule has 100 valence electrons. The quantitative estimate of drug-likeness (QED) is 0.716. The van der Waals surface area contributed by atoms with Crippen molar-refractivity contribution >= 4 is 11.6 Å². The summed E-state index contributed by atoms with van der Waals surface area (Å²) in [4.78, 5) is 0. The highest BCUT2D eigenvalue weighted by atomic mass is 35.5. The van der Waals surface area contributed by atoms with E-state index in [9.17, 15) is 0 Å². The van der Waals surface area contributed by atoms with E-state index in [1.807, 2.05) is 0 Å². The predicted molar refractivity (Wildman–Crippen MR) is 77.9 cm³/mol. The van der Waals surface area contributed by atoms with Gasteiger partial charge < -0.3 is 4.74 Å². The molecule has 0 N–H and O–H groups in total. The summed E-state index contributed by atoms with van der Waals surface area (Å²) < 4.78 is 5.48. The molecule has 1 unspecified atom stereocenters. The highest BCUT2D eigenvalue weighted by Crippen LogP contribution is 2.44. The normalized spacial score (nSPS) is 17.6. The Morgan fingerprint density at radius 2 is 2.00 bits per heavy atom. The van der Waals surface area contributed by atoms with Gasteiger partial charge in [0.05, 0.1) is 7.11 Å². The van der Waals surface area contributed by atoms with Gasteiger partial charge in [-0.05, 0) is 41.4 Å². The van der Waals surface area contributed by atoms with Gasteiger partial charge in [0.15, 0.2) is 0 Å². The molecular formula is C16H23ClO.